The molecule has 3 N–H and O–H groups in total. The fourth-order valence-corrected chi connectivity index (χ4v) is 2.93. The molecule has 0 aliphatic heterocycles. The number of carbonyl (C=O) groups excluding carboxylic acids is 2. The standard InChI is InChI=1S/C22H23Cl3N2O5/c1-2-15(27-22(30)13-31-17-5-3-14(23)4-6-17)9-16(28)11-26-21(29)12-32-18-7-8-19(24)20(25)10-18/h2-8,10,15-16,28H,1,9,11-13H2,(H,26,29)(H,27,30)/t15?,16-/m0/s1. The van der Waals surface area contributed by atoms with E-state index in [-0.39, 0.29) is 32.1 Å². The number of nitrogens with one attached hydrogen (secondary N) is 2. The lowest BCUT2D eigenvalue weighted by Gasteiger charge is -2.19. The summed E-state index contributed by atoms with van der Waals surface area (Å²) in [6.45, 7) is 3.18. The highest BCUT2D eigenvalue weighted by atomic mass is 35.5. The minimum atomic E-state index is -0.913. The minimum absolute atomic E-state index is 0.0228. The fourth-order valence-electron chi connectivity index (χ4n) is 2.52. The average Bonchev–Trinajstić information content (AvgIpc) is 2.77. The van der Waals surface area contributed by atoms with Crippen LogP contribution in [0.5, 0.6) is 11.5 Å². The van der Waals surface area contributed by atoms with Crippen LogP contribution in [0.3, 0.4) is 0 Å². The zero-order valence-electron chi connectivity index (χ0n) is 17.0. The summed E-state index contributed by atoms with van der Waals surface area (Å²) in [5, 5.41) is 16.7. The maximum absolute atomic E-state index is 12.1. The summed E-state index contributed by atoms with van der Waals surface area (Å²) in [5.74, 6) is 0.0951. The number of halogens is 3. The number of hydrogen-bond acceptors (Lipinski definition) is 5. The number of amides is 2. The Bertz CT molecular complexity index is 924. The first kappa shape index (κ1) is 25.8. The summed E-state index contributed by atoms with van der Waals surface area (Å²) in [7, 11) is 0. The van der Waals surface area contributed by atoms with Gasteiger partial charge in [0.25, 0.3) is 11.8 Å². The zero-order chi connectivity index (χ0) is 23.5. The van der Waals surface area contributed by atoms with Gasteiger partial charge >= 0.3 is 0 Å². The van der Waals surface area contributed by atoms with Crippen molar-refractivity contribution in [3.05, 3.63) is 70.2 Å². The van der Waals surface area contributed by atoms with Crippen molar-refractivity contribution in [2.75, 3.05) is 19.8 Å². The third-order valence-corrected chi connectivity index (χ3v) is 5.13. The molecule has 0 spiro atoms. The molecule has 0 aromatic heterocycles. The largest absolute Gasteiger partial charge is 0.484 e. The Morgan fingerprint density at radius 1 is 0.969 bits per heavy atom. The summed E-state index contributed by atoms with van der Waals surface area (Å²) in [5.41, 5.74) is 0. The van der Waals surface area contributed by atoms with Crippen molar-refractivity contribution in [3.63, 3.8) is 0 Å². The Hall–Kier alpha value is -2.45. The Kier molecular flexibility index (Phi) is 10.6. The van der Waals surface area contributed by atoms with E-state index in [0.29, 0.717) is 26.6 Å². The molecule has 0 aliphatic carbocycles. The van der Waals surface area contributed by atoms with Gasteiger partial charge in [-0.25, -0.2) is 0 Å². The van der Waals surface area contributed by atoms with Gasteiger partial charge in [-0.2, -0.15) is 0 Å². The van der Waals surface area contributed by atoms with Gasteiger partial charge in [0.15, 0.2) is 13.2 Å². The summed E-state index contributed by atoms with van der Waals surface area (Å²) in [4.78, 5) is 24.0. The Labute approximate surface area is 201 Å². The topological polar surface area (TPSA) is 96.9 Å². The van der Waals surface area contributed by atoms with E-state index in [0.717, 1.165) is 0 Å². The van der Waals surface area contributed by atoms with Gasteiger partial charge < -0.3 is 25.2 Å². The first-order valence-corrected chi connectivity index (χ1v) is 10.7. The first-order chi connectivity index (χ1) is 15.3. The molecule has 2 aromatic rings. The summed E-state index contributed by atoms with van der Waals surface area (Å²) < 4.78 is 10.7. The summed E-state index contributed by atoms with van der Waals surface area (Å²) in [6, 6.07) is 10.8. The maximum Gasteiger partial charge on any atom is 0.258 e. The zero-order valence-corrected chi connectivity index (χ0v) is 19.3. The number of aliphatic hydroxyl groups is 1. The predicted octanol–water partition coefficient (Wildman–Crippen LogP) is 3.64. The molecule has 2 rings (SSSR count). The molecule has 0 radical (unpaired) electrons. The molecule has 2 amide bonds. The number of ether oxygens (including phenoxy) is 2. The van der Waals surface area contributed by atoms with E-state index in [1.807, 2.05) is 0 Å². The van der Waals surface area contributed by atoms with Crippen molar-refractivity contribution in [1.82, 2.24) is 10.6 Å². The van der Waals surface area contributed by atoms with Gasteiger partial charge in [-0.05, 0) is 42.8 Å². The number of hydrogen-bond donors (Lipinski definition) is 3. The second-order valence-corrected chi connectivity index (χ2v) is 7.96. The molecule has 0 saturated heterocycles. The summed E-state index contributed by atoms with van der Waals surface area (Å²) >= 11 is 17.5. The van der Waals surface area contributed by atoms with Crippen LogP contribution in [0.1, 0.15) is 6.42 Å². The van der Waals surface area contributed by atoms with E-state index >= 15 is 0 Å². The van der Waals surface area contributed by atoms with Crippen LogP contribution in [0.2, 0.25) is 15.1 Å². The molecule has 0 aliphatic rings. The van der Waals surface area contributed by atoms with Crippen LogP contribution in [-0.4, -0.2) is 48.8 Å². The van der Waals surface area contributed by atoms with Gasteiger partial charge in [0, 0.05) is 23.7 Å². The molecule has 0 bridgehead atoms. The fraction of sp³-hybridized carbons (Fsp3) is 0.273. The third-order valence-electron chi connectivity index (χ3n) is 4.14. The van der Waals surface area contributed by atoms with Gasteiger partial charge in [-0.15, -0.1) is 6.58 Å². The van der Waals surface area contributed by atoms with Crippen LogP contribution < -0.4 is 20.1 Å². The highest BCUT2D eigenvalue weighted by molar-refractivity contribution is 6.42. The van der Waals surface area contributed by atoms with Crippen molar-refractivity contribution < 1.29 is 24.2 Å². The van der Waals surface area contributed by atoms with Crippen molar-refractivity contribution in [2.24, 2.45) is 0 Å². The van der Waals surface area contributed by atoms with Crippen molar-refractivity contribution in [3.8, 4) is 11.5 Å². The molecule has 0 heterocycles. The maximum atomic E-state index is 12.1. The molecule has 32 heavy (non-hydrogen) atoms. The SMILES string of the molecule is C=CC(C[C@H](O)CNC(=O)COc1ccc(Cl)c(Cl)c1)NC(=O)COc1ccc(Cl)cc1. The van der Waals surface area contributed by atoms with Crippen LogP contribution in [0.4, 0.5) is 0 Å². The van der Waals surface area contributed by atoms with E-state index in [9.17, 15) is 14.7 Å². The van der Waals surface area contributed by atoms with Gasteiger partial charge in [0.05, 0.1) is 16.1 Å². The molecule has 172 valence electrons. The quantitative estimate of drug-likeness (QED) is 0.386. The van der Waals surface area contributed by atoms with Crippen LogP contribution in [-0.2, 0) is 9.59 Å². The predicted molar refractivity (Wildman–Crippen MR) is 125 cm³/mol. The molecule has 1 unspecified atom stereocenters. The molecule has 2 aromatic carbocycles. The molecular formula is C22H23Cl3N2O5. The highest BCUT2D eigenvalue weighted by Gasteiger charge is 2.16. The van der Waals surface area contributed by atoms with E-state index in [2.05, 4.69) is 17.2 Å². The molecule has 0 fully saturated rings. The first-order valence-electron chi connectivity index (χ1n) is 9.59. The van der Waals surface area contributed by atoms with Crippen LogP contribution in [0, 0.1) is 0 Å². The Morgan fingerprint density at radius 2 is 1.59 bits per heavy atom. The van der Waals surface area contributed by atoms with E-state index in [4.69, 9.17) is 44.3 Å². The number of benzene rings is 2. The molecule has 7 nitrogen and oxygen atoms in total. The molecule has 10 heteroatoms. The Morgan fingerprint density at radius 3 is 2.25 bits per heavy atom. The molecule has 2 atom stereocenters. The van der Waals surface area contributed by atoms with E-state index < -0.39 is 18.1 Å². The average molecular weight is 502 g/mol. The van der Waals surface area contributed by atoms with E-state index in [1.165, 1.54) is 12.1 Å². The Balaban J connectivity index is 1.67. The normalized spacial score (nSPS) is 12.4. The second kappa shape index (κ2) is 13.2. The highest BCUT2D eigenvalue weighted by Crippen LogP contribution is 2.26. The third kappa shape index (κ3) is 9.36. The van der Waals surface area contributed by atoms with Crippen LogP contribution >= 0.6 is 34.8 Å². The van der Waals surface area contributed by atoms with Gasteiger partial charge in [0.2, 0.25) is 0 Å². The lowest BCUT2D eigenvalue weighted by molar-refractivity contribution is -0.124. The number of rotatable bonds is 12. The van der Waals surface area contributed by atoms with E-state index in [1.54, 1.807) is 36.4 Å². The van der Waals surface area contributed by atoms with Gasteiger partial charge in [0.1, 0.15) is 11.5 Å². The second-order valence-electron chi connectivity index (χ2n) is 6.71. The van der Waals surface area contributed by atoms with Crippen molar-refractivity contribution >= 4 is 46.6 Å². The van der Waals surface area contributed by atoms with Crippen LogP contribution in [0.15, 0.2) is 55.1 Å². The van der Waals surface area contributed by atoms with Crippen LogP contribution in [0.25, 0.3) is 0 Å². The monoisotopic (exact) mass is 500 g/mol. The molecular weight excluding hydrogens is 479 g/mol. The number of carbonyl (C=O) groups is 2. The summed E-state index contributed by atoms with van der Waals surface area (Å²) in [6.07, 6.45) is 0.743. The smallest absolute Gasteiger partial charge is 0.258 e. The number of aliphatic hydroxyl groups excluding tert-OH is 1. The lowest BCUT2D eigenvalue weighted by atomic mass is 10.1. The minimum Gasteiger partial charge on any atom is -0.484 e. The van der Waals surface area contributed by atoms with Crippen molar-refractivity contribution in [2.45, 2.75) is 18.6 Å². The van der Waals surface area contributed by atoms with Gasteiger partial charge in [-0.3, -0.25) is 9.59 Å². The van der Waals surface area contributed by atoms with Gasteiger partial charge in [-0.1, -0.05) is 40.9 Å². The molecule has 0 saturated carbocycles. The van der Waals surface area contributed by atoms with Crippen molar-refractivity contribution in [1.29, 1.82) is 0 Å². The lowest BCUT2D eigenvalue weighted by Crippen LogP contribution is -2.42.